The molecule has 0 amide bonds. The molecule has 21 heavy (non-hydrogen) atoms. The summed E-state index contributed by atoms with van der Waals surface area (Å²) in [6.45, 7) is 5.67. The van der Waals surface area contributed by atoms with Gasteiger partial charge in [0, 0.05) is 7.11 Å². The van der Waals surface area contributed by atoms with Crippen molar-refractivity contribution in [2.45, 2.75) is 32.4 Å². The largest absolute Gasteiger partial charge is 0.383 e. The van der Waals surface area contributed by atoms with Crippen LogP contribution in [0.25, 0.3) is 0 Å². The second-order valence-corrected chi connectivity index (χ2v) is 6.25. The molecule has 0 aliphatic rings. The number of hydrogen-bond donors (Lipinski definition) is 1. The first-order valence-corrected chi connectivity index (χ1v) is 7.89. The highest BCUT2D eigenvalue weighted by atomic mass is 79.9. The summed E-state index contributed by atoms with van der Waals surface area (Å²) in [7, 11) is 1.68. The van der Waals surface area contributed by atoms with Gasteiger partial charge in [0.05, 0.1) is 35.6 Å². The molecular formula is C16H22BrN3O. The molecule has 0 aliphatic carbocycles. The van der Waals surface area contributed by atoms with Gasteiger partial charge in [-0.3, -0.25) is 4.68 Å². The van der Waals surface area contributed by atoms with Crippen LogP contribution in [0.1, 0.15) is 42.6 Å². The molecule has 2 rings (SSSR count). The molecule has 1 heterocycles. The minimum atomic E-state index is -0.208. The summed E-state index contributed by atoms with van der Waals surface area (Å²) in [5, 5.41) is 4.36. The Kier molecular flexibility index (Phi) is 5.56. The van der Waals surface area contributed by atoms with E-state index in [0.717, 1.165) is 15.7 Å². The lowest BCUT2D eigenvalue weighted by atomic mass is 9.98. The van der Waals surface area contributed by atoms with E-state index >= 15 is 0 Å². The standard InChI is InChI=1S/C16H22BrN3O/c1-11(2)12-4-6-13(7-5-12)15(18)16-14(17)10-19-20(16)8-9-21-3/h4-7,10-11,15H,8-9,18H2,1-3H3. The maximum atomic E-state index is 6.43. The first-order valence-electron chi connectivity index (χ1n) is 7.10. The normalized spacial score (nSPS) is 12.9. The average Bonchev–Trinajstić information content (AvgIpc) is 2.85. The molecule has 0 spiro atoms. The topological polar surface area (TPSA) is 53.1 Å². The van der Waals surface area contributed by atoms with Gasteiger partial charge < -0.3 is 10.5 Å². The lowest BCUT2D eigenvalue weighted by molar-refractivity contribution is 0.182. The zero-order chi connectivity index (χ0) is 15.4. The van der Waals surface area contributed by atoms with Crippen LogP contribution in [-0.4, -0.2) is 23.5 Å². The van der Waals surface area contributed by atoms with Gasteiger partial charge >= 0.3 is 0 Å². The molecule has 0 fully saturated rings. The third-order valence-corrected chi connectivity index (χ3v) is 4.21. The molecule has 114 valence electrons. The predicted octanol–water partition coefficient (Wildman–Crippen LogP) is 3.46. The Hall–Kier alpha value is -1.17. The van der Waals surface area contributed by atoms with Crippen LogP contribution < -0.4 is 5.73 Å². The molecule has 0 bridgehead atoms. The van der Waals surface area contributed by atoms with Gasteiger partial charge in [-0.05, 0) is 33.0 Å². The van der Waals surface area contributed by atoms with Crippen molar-refractivity contribution in [2.75, 3.05) is 13.7 Å². The van der Waals surface area contributed by atoms with Gasteiger partial charge in [0.2, 0.25) is 0 Å². The molecule has 0 saturated heterocycles. The lowest BCUT2D eigenvalue weighted by Crippen LogP contribution is -2.19. The highest BCUT2D eigenvalue weighted by Crippen LogP contribution is 2.27. The van der Waals surface area contributed by atoms with E-state index in [-0.39, 0.29) is 6.04 Å². The third-order valence-electron chi connectivity index (χ3n) is 3.60. The van der Waals surface area contributed by atoms with Gasteiger partial charge in [0.25, 0.3) is 0 Å². The number of halogens is 1. The molecule has 4 nitrogen and oxygen atoms in total. The quantitative estimate of drug-likeness (QED) is 0.866. The van der Waals surface area contributed by atoms with Crippen LogP contribution in [0, 0.1) is 0 Å². The van der Waals surface area contributed by atoms with Crippen molar-refractivity contribution < 1.29 is 4.74 Å². The number of hydrogen-bond acceptors (Lipinski definition) is 3. The van der Waals surface area contributed by atoms with Crippen LogP contribution in [-0.2, 0) is 11.3 Å². The Morgan fingerprint density at radius 2 is 1.86 bits per heavy atom. The fraction of sp³-hybridized carbons (Fsp3) is 0.438. The van der Waals surface area contributed by atoms with Crippen molar-refractivity contribution in [3.63, 3.8) is 0 Å². The summed E-state index contributed by atoms with van der Waals surface area (Å²) in [6.07, 6.45) is 1.79. The Balaban J connectivity index is 2.26. The monoisotopic (exact) mass is 351 g/mol. The van der Waals surface area contributed by atoms with Gasteiger partial charge in [0.15, 0.2) is 0 Å². The van der Waals surface area contributed by atoms with Gasteiger partial charge in [-0.25, -0.2) is 0 Å². The predicted molar refractivity (Wildman–Crippen MR) is 88.4 cm³/mol. The smallest absolute Gasteiger partial charge is 0.0739 e. The van der Waals surface area contributed by atoms with Crippen molar-refractivity contribution in [1.29, 1.82) is 0 Å². The maximum absolute atomic E-state index is 6.43. The molecule has 2 aromatic rings. The summed E-state index contributed by atoms with van der Waals surface area (Å²) in [5.41, 5.74) is 9.81. The number of benzene rings is 1. The molecule has 5 heteroatoms. The average molecular weight is 352 g/mol. The molecule has 1 aromatic carbocycles. The molecule has 1 unspecified atom stereocenters. The minimum Gasteiger partial charge on any atom is -0.383 e. The molecule has 0 radical (unpaired) electrons. The number of nitrogens with two attached hydrogens (primary N) is 1. The van der Waals surface area contributed by atoms with Crippen LogP contribution >= 0.6 is 15.9 Å². The van der Waals surface area contributed by atoms with Crippen molar-refractivity contribution >= 4 is 15.9 Å². The zero-order valence-electron chi connectivity index (χ0n) is 12.7. The third kappa shape index (κ3) is 3.73. The Labute approximate surface area is 134 Å². The molecule has 1 aromatic heterocycles. The first-order chi connectivity index (χ1) is 10.0. The van der Waals surface area contributed by atoms with E-state index in [0.29, 0.717) is 19.1 Å². The van der Waals surface area contributed by atoms with E-state index in [4.69, 9.17) is 10.5 Å². The molecule has 0 saturated carbocycles. The number of ether oxygens (including phenoxy) is 1. The number of aromatic nitrogens is 2. The first kappa shape index (κ1) is 16.2. The van der Waals surface area contributed by atoms with Crippen molar-refractivity contribution in [1.82, 2.24) is 9.78 Å². The van der Waals surface area contributed by atoms with E-state index in [1.165, 1.54) is 5.56 Å². The van der Waals surface area contributed by atoms with Crippen LogP contribution in [0.2, 0.25) is 0 Å². The SMILES string of the molecule is COCCn1ncc(Br)c1C(N)c1ccc(C(C)C)cc1. The lowest BCUT2D eigenvalue weighted by Gasteiger charge is -2.16. The van der Waals surface area contributed by atoms with Crippen LogP contribution in [0.4, 0.5) is 0 Å². The van der Waals surface area contributed by atoms with Crippen molar-refractivity contribution in [3.05, 3.63) is 51.8 Å². The summed E-state index contributed by atoms with van der Waals surface area (Å²) in [4.78, 5) is 0. The van der Waals surface area contributed by atoms with Crippen LogP contribution in [0.15, 0.2) is 34.9 Å². The maximum Gasteiger partial charge on any atom is 0.0739 e. The fourth-order valence-electron chi connectivity index (χ4n) is 2.28. The van der Waals surface area contributed by atoms with Gasteiger partial charge in [-0.15, -0.1) is 0 Å². The Morgan fingerprint density at radius 3 is 2.43 bits per heavy atom. The van der Waals surface area contributed by atoms with E-state index in [1.54, 1.807) is 13.3 Å². The molecular weight excluding hydrogens is 330 g/mol. The van der Waals surface area contributed by atoms with E-state index in [1.807, 2.05) is 4.68 Å². The second kappa shape index (κ2) is 7.20. The number of rotatable bonds is 6. The Bertz CT molecular complexity index is 578. The van der Waals surface area contributed by atoms with E-state index in [9.17, 15) is 0 Å². The molecule has 1 atom stereocenters. The van der Waals surface area contributed by atoms with Gasteiger partial charge in [0.1, 0.15) is 0 Å². The molecule has 0 aliphatic heterocycles. The highest BCUT2D eigenvalue weighted by molar-refractivity contribution is 9.10. The fourth-order valence-corrected chi connectivity index (χ4v) is 2.83. The second-order valence-electron chi connectivity index (χ2n) is 5.39. The summed E-state index contributed by atoms with van der Waals surface area (Å²) in [5.74, 6) is 0.522. The van der Waals surface area contributed by atoms with Crippen molar-refractivity contribution in [3.8, 4) is 0 Å². The zero-order valence-corrected chi connectivity index (χ0v) is 14.3. The van der Waals surface area contributed by atoms with E-state index < -0.39 is 0 Å². The van der Waals surface area contributed by atoms with Gasteiger partial charge in [-0.1, -0.05) is 38.1 Å². The number of methoxy groups -OCH3 is 1. The summed E-state index contributed by atoms with van der Waals surface area (Å²) in [6, 6.07) is 8.27. The van der Waals surface area contributed by atoms with Crippen LogP contribution in [0.5, 0.6) is 0 Å². The number of nitrogens with zero attached hydrogens (tertiary/aromatic N) is 2. The highest BCUT2D eigenvalue weighted by Gasteiger charge is 2.18. The van der Waals surface area contributed by atoms with Gasteiger partial charge in [-0.2, -0.15) is 5.10 Å². The minimum absolute atomic E-state index is 0.208. The Morgan fingerprint density at radius 1 is 1.24 bits per heavy atom. The van der Waals surface area contributed by atoms with Crippen molar-refractivity contribution in [2.24, 2.45) is 5.73 Å². The summed E-state index contributed by atoms with van der Waals surface area (Å²) >= 11 is 3.54. The summed E-state index contributed by atoms with van der Waals surface area (Å²) < 4.78 is 7.95. The molecule has 2 N–H and O–H groups in total. The van der Waals surface area contributed by atoms with E-state index in [2.05, 4.69) is 59.1 Å². The van der Waals surface area contributed by atoms with Crippen LogP contribution in [0.3, 0.4) is 0 Å².